The van der Waals surface area contributed by atoms with E-state index in [0.717, 1.165) is 10.4 Å². The summed E-state index contributed by atoms with van der Waals surface area (Å²) < 4.78 is 6.61. The Morgan fingerprint density at radius 2 is 1.94 bits per heavy atom. The standard InChI is InChI=1S/C23H20N4O4S/c24-21-20(22(29)25-23(30)27(21)14-16-6-2-1-3-7-16)26(15-17-8-4-12-31-17)19(28)11-10-18-9-5-13-32-18/h1-13H,14-15,24H2,(H,25,29,30). The summed E-state index contributed by atoms with van der Waals surface area (Å²) in [6.45, 7) is 0.112. The number of nitrogens with one attached hydrogen (secondary N) is 1. The van der Waals surface area contributed by atoms with Gasteiger partial charge in [-0.2, -0.15) is 0 Å². The molecule has 0 aliphatic heterocycles. The van der Waals surface area contributed by atoms with Crippen molar-refractivity contribution >= 4 is 34.8 Å². The van der Waals surface area contributed by atoms with E-state index in [9.17, 15) is 14.4 Å². The maximum absolute atomic E-state index is 13.1. The number of H-pyrrole nitrogens is 1. The van der Waals surface area contributed by atoms with Crippen LogP contribution in [0.3, 0.4) is 0 Å². The molecule has 4 rings (SSSR count). The molecule has 0 saturated heterocycles. The highest BCUT2D eigenvalue weighted by molar-refractivity contribution is 7.10. The summed E-state index contributed by atoms with van der Waals surface area (Å²) in [5, 5.41) is 1.90. The first-order valence-corrected chi connectivity index (χ1v) is 10.6. The van der Waals surface area contributed by atoms with Gasteiger partial charge in [0.25, 0.3) is 11.5 Å². The lowest BCUT2D eigenvalue weighted by atomic mass is 10.2. The Kier molecular flexibility index (Phi) is 6.18. The first-order chi connectivity index (χ1) is 15.5. The minimum Gasteiger partial charge on any atom is -0.467 e. The van der Waals surface area contributed by atoms with E-state index >= 15 is 0 Å². The van der Waals surface area contributed by atoms with Crippen molar-refractivity contribution in [3.63, 3.8) is 0 Å². The average molecular weight is 449 g/mol. The predicted octanol–water partition coefficient (Wildman–Crippen LogP) is 3.07. The number of thiophene rings is 1. The molecule has 162 valence electrons. The molecule has 0 aliphatic rings. The van der Waals surface area contributed by atoms with Gasteiger partial charge < -0.3 is 10.2 Å². The molecular weight excluding hydrogens is 428 g/mol. The Labute approximate surface area is 186 Å². The van der Waals surface area contributed by atoms with Crippen molar-refractivity contribution in [3.8, 4) is 0 Å². The van der Waals surface area contributed by atoms with Crippen LogP contribution in [0.2, 0.25) is 0 Å². The fourth-order valence-electron chi connectivity index (χ4n) is 3.22. The van der Waals surface area contributed by atoms with Gasteiger partial charge in [0.15, 0.2) is 5.69 Å². The maximum atomic E-state index is 13.1. The maximum Gasteiger partial charge on any atom is 0.330 e. The third-order valence-corrected chi connectivity index (χ3v) is 5.60. The van der Waals surface area contributed by atoms with Crippen molar-refractivity contribution < 1.29 is 9.21 Å². The quantitative estimate of drug-likeness (QED) is 0.422. The summed E-state index contributed by atoms with van der Waals surface area (Å²) in [4.78, 5) is 42.8. The minimum absolute atomic E-state index is 0.0303. The summed E-state index contributed by atoms with van der Waals surface area (Å²) >= 11 is 1.48. The van der Waals surface area contributed by atoms with E-state index in [1.807, 2.05) is 47.8 Å². The van der Waals surface area contributed by atoms with Crippen LogP contribution in [0, 0.1) is 0 Å². The summed E-state index contributed by atoms with van der Waals surface area (Å²) in [6, 6.07) is 16.3. The topological polar surface area (TPSA) is 114 Å². The summed E-state index contributed by atoms with van der Waals surface area (Å²) in [6.07, 6.45) is 4.50. The second kappa shape index (κ2) is 9.36. The smallest absolute Gasteiger partial charge is 0.330 e. The fraction of sp³-hybridized carbons (Fsp3) is 0.0870. The highest BCUT2D eigenvalue weighted by Crippen LogP contribution is 2.21. The Bertz CT molecular complexity index is 1340. The zero-order valence-electron chi connectivity index (χ0n) is 16.9. The number of furan rings is 1. The van der Waals surface area contributed by atoms with Crippen LogP contribution in [0.1, 0.15) is 16.2 Å². The van der Waals surface area contributed by atoms with E-state index in [1.54, 1.807) is 18.2 Å². The van der Waals surface area contributed by atoms with Gasteiger partial charge in [0.1, 0.15) is 11.6 Å². The second-order valence-electron chi connectivity index (χ2n) is 6.92. The Hall–Kier alpha value is -4.11. The lowest BCUT2D eigenvalue weighted by molar-refractivity contribution is -0.114. The number of hydrogen-bond donors (Lipinski definition) is 2. The van der Waals surface area contributed by atoms with Crippen molar-refractivity contribution in [1.82, 2.24) is 9.55 Å². The van der Waals surface area contributed by atoms with Crippen LogP contribution >= 0.6 is 11.3 Å². The molecule has 0 unspecified atom stereocenters. The van der Waals surface area contributed by atoms with Crippen LogP contribution in [-0.2, 0) is 17.9 Å². The van der Waals surface area contributed by atoms with Crippen molar-refractivity contribution in [2.45, 2.75) is 13.1 Å². The number of nitrogen functional groups attached to an aromatic ring is 1. The molecule has 3 aromatic heterocycles. The molecule has 1 amide bonds. The molecule has 9 heteroatoms. The van der Waals surface area contributed by atoms with E-state index < -0.39 is 17.2 Å². The number of aromatic nitrogens is 2. The van der Waals surface area contributed by atoms with E-state index in [-0.39, 0.29) is 24.6 Å². The van der Waals surface area contributed by atoms with Gasteiger partial charge in [0.05, 0.1) is 19.4 Å². The number of rotatable bonds is 7. The number of hydrogen-bond acceptors (Lipinski definition) is 6. The molecule has 32 heavy (non-hydrogen) atoms. The number of amides is 1. The first kappa shape index (κ1) is 21.1. The number of aromatic amines is 1. The summed E-state index contributed by atoms with van der Waals surface area (Å²) in [5.41, 5.74) is 5.59. The SMILES string of the molecule is Nc1c(N(Cc2ccco2)C(=O)C=Cc2cccs2)c(=O)[nH]c(=O)n1Cc1ccccc1. The highest BCUT2D eigenvalue weighted by atomic mass is 32.1. The molecule has 0 atom stereocenters. The van der Waals surface area contributed by atoms with Gasteiger partial charge in [-0.15, -0.1) is 11.3 Å². The third-order valence-electron chi connectivity index (χ3n) is 4.76. The van der Waals surface area contributed by atoms with Crippen LogP contribution in [0.25, 0.3) is 6.08 Å². The molecule has 3 N–H and O–H groups in total. The highest BCUT2D eigenvalue weighted by Gasteiger charge is 2.24. The minimum atomic E-state index is -0.749. The number of nitrogens with two attached hydrogens (primary N) is 1. The second-order valence-corrected chi connectivity index (χ2v) is 7.90. The Balaban J connectivity index is 1.77. The summed E-state index contributed by atoms with van der Waals surface area (Å²) in [5.74, 6) is -0.119. The van der Waals surface area contributed by atoms with Crippen LogP contribution in [-0.4, -0.2) is 15.5 Å². The van der Waals surface area contributed by atoms with Gasteiger partial charge in [0.2, 0.25) is 0 Å². The van der Waals surface area contributed by atoms with E-state index in [4.69, 9.17) is 10.2 Å². The monoisotopic (exact) mass is 448 g/mol. The van der Waals surface area contributed by atoms with Crippen LogP contribution in [0.4, 0.5) is 11.5 Å². The molecule has 0 spiro atoms. The molecule has 0 fully saturated rings. The number of carbonyl (C=O) groups is 1. The molecule has 3 heterocycles. The lowest BCUT2D eigenvalue weighted by Gasteiger charge is -2.22. The number of nitrogens with zero attached hydrogens (tertiary/aromatic N) is 2. The third kappa shape index (κ3) is 4.62. The largest absolute Gasteiger partial charge is 0.467 e. The normalized spacial score (nSPS) is 11.1. The number of anilines is 2. The van der Waals surface area contributed by atoms with Gasteiger partial charge in [0, 0.05) is 11.0 Å². The zero-order chi connectivity index (χ0) is 22.5. The molecule has 0 aliphatic carbocycles. The van der Waals surface area contributed by atoms with E-state index in [2.05, 4.69) is 4.98 Å². The van der Waals surface area contributed by atoms with Gasteiger partial charge in [-0.1, -0.05) is 36.4 Å². The van der Waals surface area contributed by atoms with Crippen molar-refractivity contribution in [2.75, 3.05) is 10.6 Å². The molecule has 1 aromatic carbocycles. The summed E-state index contributed by atoms with van der Waals surface area (Å²) in [7, 11) is 0. The molecule has 0 radical (unpaired) electrons. The van der Waals surface area contributed by atoms with Gasteiger partial charge >= 0.3 is 5.69 Å². The average Bonchev–Trinajstić information content (AvgIpc) is 3.49. The van der Waals surface area contributed by atoms with Crippen molar-refractivity contribution in [2.24, 2.45) is 0 Å². The van der Waals surface area contributed by atoms with Crippen LogP contribution in [0.5, 0.6) is 0 Å². The van der Waals surface area contributed by atoms with Crippen LogP contribution in [0.15, 0.2) is 86.3 Å². The Morgan fingerprint density at radius 1 is 1.12 bits per heavy atom. The first-order valence-electron chi connectivity index (χ1n) is 9.75. The van der Waals surface area contributed by atoms with Crippen molar-refractivity contribution in [3.05, 3.63) is 109 Å². The van der Waals surface area contributed by atoms with E-state index in [0.29, 0.717) is 5.76 Å². The lowest BCUT2D eigenvalue weighted by Crippen LogP contribution is -2.40. The fourth-order valence-corrected chi connectivity index (χ4v) is 3.83. The van der Waals surface area contributed by atoms with Gasteiger partial charge in [-0.05, 0) is 35.2 Å². The molecule has 8 nitrogen and oxygen atoms in total. The van der Waals surface area contributed by atoms with Crippen LogP contribution < -0.4 is 21.9 Å². The van der Waals surface area contributed by atoms with Gasteiger partial charge in [-0.3, -0.25) is 24.0 Å². The van der Waals surface area contributed by atoms with Crippen molar-refractivity contribution in [1.29, 1.82) is 0 Å². The molecule has 4 aromatic rings. The molecule has 0 bridgehead atoms. The molecule has 0 saturated carbocycles. The zero-order valence-corrected chi connectivity index (χ0v) is 17.7. The number of carbonyl (C=O) groups excluding carboxylic acids is 1. The molecular formula is C23H20N4O4S. The predicted molar refractivity (Wildman–Crippen MR) is 125 cm³/mol. The number of benzene rings is 1. The van der Waals surface area contributed by atoms with Gasteiger partial charge in [-0.25, -0.2) is 4.79 Å². The Morgan fingerprint density at radius 3 is 2.62 bits per heavy atom. The van der Waals surface area contributed by atoms with E-state index in [1.165, 1.54) is 33.1 Å².